The van der Waals surface area contributed by atoms with Crippen LogP contribution in [0.4, 0.5) is 18.0 Å². The highest BCUT2D eigenvalue weighted by atomic mass is 19.4. The zero-order valence-electron chi connectivity index (χ0n) is 15.0. The second-order valence-electron chi connectivity index (χ2n) is 5.93. The van der Waals surface area contributed by atoms with Gasteiger partial charge in [-0.15, -0.1) is 13.2 Å². The Morgan fingerprint density at radius 1 is 1.08 bits per heavy atom. The molecule has 2 unspecified atom stereocenters. The highest BCUT2D eigenvalue weighted by Gasteiger charge is 2.31. The summed E-state index contributed by atoms with van der Waals surface area (Å²) in [6.45, 7) is 7.05. The predicted octanol–water partition coefficient (Wildman–Crippen LogP) is 3.53. The van der Waals surface area contributed by atoms with Gasteiger partial charge in [0, 0.05) is 0 Å². The number of alkyl halides is 3. The monoisotopic (exact) mass is 376 g/mol. The first-order chi connectivity index (χ1) is 12.0. The molecule has 0 saturated heterocycles. The van der Waals surface area contributed by atoms with Crippen LogP contribution in [-0.2, 0) is 9.53 Å². The topological polar surface area (TPSA) is 76.7 Å². The number of carbonyl (C=O) groups is 2. The number of halogens is 3. The minimum absolute atomic E-state index is 0.182. The summed E-state index contributed by atoms with van der Waals surface area (Å²) in [6.07, 6.45) is -5.45. The van der Waals surface area contributed by atoms with Crippen LogP contribution < -0.4 is 15.4 Å². The number of rotatable bonds is 7. The fourth-order valence-corrected chi connectivity index (χ4v) is 2.18. The van der Waals surface area contributed by atoms with Gasteiger partial charge in [-0.05, 0) is 37.5 Å². The molecule has 2 amide bonds. The Bertz CT molecular complexity index is 603. The molecule has 0 fully saturated rings. The SMILES string of the molecule is CCOC(=O)NC(C(=O)NC(C)c1ccc(OC(F)(F)F)cc1)C(C)C. The Morgan fingerprint density at radius 3 is 2.12 bits per heavy atom. The lowest BCUT2D eigenvalue weighted by atomic mass is 10.0. The van der Waals surface area contributed by atoms with Crippen LogP contribution in [0.2, 0.25) is 0 Å². The third-order valence-electron chi connectivity index (χ3n) is 3.47. The molecule has 9 heteroatoms. The van der Waals surface area contributed by atoms with E-state index in [4.69, 9.17) is 4.74 Å². The molecule has 0 aromatic heterocycles. The minimum Gasteiger partial charge on any atom is -0.450 e. The van der Waals surface area contributed by atoms with E-state index in [0.717, 1.165) is 0 Å². The van der Waals surface area contributed by atoms with Gasteiger partial charge in [-0.3, -0.25) is 4.79 Å². The number of ether oxygens (including phenoxy) is 2. The minimum atomic E-state index is -4.76. The molecule has 0 bridgehead atoms. The Morgan fingerprint density at radius 2 is 1.65 bits per heavy atom. The molecule has 2 N–H and O–H groups in total. The summed E-state index contributed by atoms with van der Waals surface area (Å²) < 4.78 is 45.1. The summed E-state index contributed by atoms with van der Waals surface area (Å²) in [4.78, 5) is 24.0. The van der Waals surface area contributed by atoms with Gasteiger partial charge in [0.1, 0.15) is 11.8 Å². The molecule has 0 aliphatic rings. The molecule has 1 aromatic carbocycles. The molecular weight excluding hydrogens is 353 g/mol. The van der Waals surface area contributed by atoms with E-state index < -0.39 is 30.4 Å². The maximum absolute atomic E-state index is 12.4. The van der Waals surface area contributed by atoms with Crippen LogP contribution >= 0.6 is 0 Å². The van der Waals surface area contributed by atoms with E-state index in [2.05, 4.69) is 15.4 Å². The number of carbonyl (C=O) groups excluding carboxylic acids is 2. The van der Waals surface area contributed by atoms with Crippen molar-refractivity contribution in [2.24, 2.45) is 5.92 Å². The van der Waals surface area contributed by atoms with Gasteiger partial charge in [-0.2, -0.15) is 0 Å². The van der Waals surface area contributed by atoms with Crippen LogP contribution in [0.25, 0.3) is 0 Å². The van der Waals surface area contributed by atoms with Crippen LogP contribution in [-0.4, -0.2) is 31.0 Å². The molecule has 0 aliphatic heterocycles. The average Bonchev–Trinajstić information content (AvgIpc) is 2.51. The molecular formula is C17H23F3N2O4. The fraction of sp³-hybridized carbons (Fsp3) is 0.529. The lowest BCUT2D eigenvalue weighted by Crippen LogP contribution is -2.50. The Kier molecular flexibility index (Phi) is 7.73. The lowest BCUT2D eigenvalue weighted by Gasteiger charge is -2.24. The summed E-state index contributed by atoms with van der Waals surface area (Å²) in [7, 11) is 0. The Labute approximate surface area is 150 Å². The van der Waals surface area contributed by atoms with Gasteiger partial charge in [0.2, 0.25) is 5.91 Å². The first-order valence-corrected chi connectivity index (χ1v) is 8.12. The molecule has 1 aromatic rings. The lowest BCUT2D eigenvalue weighted by molar-refractivity contribution is -0.274. The van der Waals surface area contributed by atoms with Crippen molar-refractivity contribution in [2.75, 3.05) is 6.61 Å². The molecule has 0 heterocycles. The van der Waals surface area contributed by atoms with Crippen molar-refractivity contribution in [3.05, 3.63) is 29.8 Å². The van der Waals surface area contributed by atoms with Gasteiger partial charge in [-0.1, -0.05) is 26.0 Å². The number of hydrogen-bond acceptors (Lipinski definition) is 4. The molecule has 0 radical (unpaired) electrons. The molecule has 0 saturated carbocycles. The summed E-state index contributed by atoms with van der Waals surface area (Å²) in [5.41, 5.74) is 0.589. The molecule has 2 atom stereocenters. The van der Waals surface area contributed by atoms with Crippen LogP contribution in [0, 0.1) is 5.92 Å². The number of benzene rings is 1. The molecule has 146 valence electrons. The quantitative estimate of drug-likeness (QED) is 0.763. The molecule has 26 heavy (non-hydrogen) atoms. The van der Waals surface area contributed by atoms with Crippen molar-refractivity contribution in [2.45, 2.75) is 46.1 Å². The van der Waals surface area contributed by atoms with Crippen molar-refractivity contribution in [1.82, 2.24) is 10.6 Å². The number of alkyl carbamates (subject to hydrolysis) is 1. The summed E-state index contributed by atoms with van der Waals surface area (Å²) in [6, 6.07) is 3.91. The van der Waals surface area contributed by atoms with Gasteiger partial charge in [-0.25, -0.2) is 4.79 Å². The van der Waals surface area contributed by atoms with Crippen LogP contribution in [0.15, 0.2) is 24.3 Å². The molecule has 6 nitrogen and oxygen atoms in total. The van der Waals surface area contributed by atoms with Crippen LogP contribution in [0.5, 0.6) is 5.75 Å². The normalized spacial score (nSPS) is 13.7. The maximum atomic E-state index is 12.4. The van der Waals surface area contributed by atoms with Gasteiger partial charge in [0.05, 0.1) is 12.6 Å². The van der Waals surface area contributed by atoms with Gasteiger partial charge in [0.15, 0.2) is 0 Å². The van der Waals surface area contributed by atoms with Crippen molar-refractivity contribution >= 4 is 12.0 Å². The second kappa shape index (κ2) is 9.30. The largest absolute Gasteiger partial charge is 0.573 e. The van der Waals surface area contributed by atoms with E-state index >= 15 is 0 Å². The zero-order chi connectivity index (χ0) is 19.9. The summed E-state index contributed by atoms with van der Waals surface area (Å²) in [5.74, 6) is -0.950. The molecule has 0 spiro atoms. The first kappa shape index (κ1) is 21.6. The van der Waals surface area contributed by atoms with Crippen molar-refractivity contribution in [3.63, 3.8) is 0 Å². The third kappa shape index (κ3) is 7.20. The van der Waals surface area contributed by atoms with Gasteiger partial charge in [0.25, 0.3) is 0 Å². The Hall–Kier alpha value is -2.45. The first-order valence-electron chi connectivity index (χ1n) is 8.12. The van der Waals surface area contributed by atoms with Crippen LogP contribution in [0.1, 0.15) is 39.3 Å². The Balaban J connectivity index is 2.73. The molecule has 1 rings (SSSR count). The van der Waals surface area contributed by atoms with E-state index in [0.29, 0.717) is 5.56 Å². The highest BCUT2D eigenvalue weighted by Crippen LogP contribution is 2.24. The van der Waals surface area contributed by atoms with Gasteiger partial charge < -0.3 is 20.1 Å². The molecule has 0 aliphatic carbocycles. The number of nitrogens with one attached hydrogen (secondary N) is 2. The van der Waals surface area contributed by atoms with E-state index in [1.165, 1.54) is 24.3 Å². The smallest absolute Gasteiger partial charge is 0.450 e. The van der Waals surface area contributed by atoms with E-state index in [1.807, 2.05) is 0 Å². The average molecular weight is 376 g/mol. The fourth-order valence-electron chi connectivity index (χ4n) is 2.18. The number of amides is 2. The van der Waals surface area contributed by atoms with Crippen LogP contribution in [0.3, 0.4) is 0 Å². The number of hydrogen-bond donors (Lipinski definition) is 2. The predicted molar refractivity (Wildman–Crippen MR) is 88.5 cm³/mol. The highest BCUT2D eigenvalue weighted by molar-refractivity contribution is 5.86. The summed E-state index contributed by atoms with van der Waals surface area (Å²) >= 11 is 0. The van der Waals surface area contributed by atoms with Crippen molar-refractivity contribution in [3.8, 4) is 5.75 Å². The maximum Gasteiger partial charge on any atom is 0.573 e. The van der Waals surface area contributed by atoms with E-state index in [1.54, 1.807) is 27.7 Å². The third-order valence-corrected chi connectivity index (χ3v) is 3.47. The zero-order valence-corrected chi connectivity index (χ0v) is 15.0. The van der Waals surface area contributed by atoms with E-state index in [9.17, 15) is 22.8 Å². The van der Waals surface area contributed by atoms with Crippen molar-refractivity contribution in [1.29, 1.82) is 0 Å². The standard InChI is InChI=1S/C17H23F3N2O4/c1-5-25-16(24)22-14(10(2)3)15(23)21-11(4)12-6-8-13(9-7-12)26-17(18,19)20/h6-11,14H,5H2,1-4H3,(H,21,23)(H,22,24). The second-order valence-corrected chi connectivity index (χ2v) is 5.93. The van der Waals surface area contributed by atoms with Gasteiger partial charge >= 0.3 is 12.5 Å². The van der Waals surface area contributed by atoms with Crippen molar-refractivity contribution < 1.29 is 32.2 Å². The summed E-state index contributed by atoms with van der Waals surface area (Å²) in [5, 5.41) is 5.21. The van der Waals surface area contributed by atoms with E-state index in [-0.39, 0.29) is 18.3 Å².